The van der Waals surface area contributed by atoms with Crippen LogP contribution in [0.15, 0.2) is 24.3 Å². The summed E-state index contributed by atoms with van der Waals surface area (Å²) in [5, 5.41) is 11.2. The van der Waals surface area contributed by atoms with Crippen LogP contribution in [0.1, 0.15) is 25.8 Å². The predicted molar refractivity (Wildman–Crippen MR) is 71.3 cm³/mol. The third kappa shape index (κ3) is 3.98. The van der Waals surface area contributed by atoms with E-state index in [0.717, 1.165) is 11.3 Å². The molecule has 19 heavy (non-hydrogen) atoms. The zero-order valence-corrected chi connectivity index (χ0v) is 11.4. The highest BCUT2D eigenvalue weighted by Crippen LogP contribution is 2.25. The number of aliphatic carboxylic acids is 1. The maximum atomic E-state index is 12.1. The number of rotatable bonds is 6. The van der Waals surface area contributed by atoms with Crippen LogP contribution in [0.5, 0.6) is 5.75 Å². The molecule has 1 amide bonds. The van der Waals surface area contributed by atoms with Gasteiger partial charge >= 0.3 is 5.97 Å². The fraction of sp³-hybridized carbons (Fsp3) is 0.429. The molecule has 0 radical (unpaired) electrons. The molecule has 104 valence electrons. The van der Waals surface area contributed by atoms with Crippen LogP contribution >= 0.6 is 0 Å². The molecular weight excluding hydrogens is 246 g/mol. The topological polar surface area (TPSA) is 75.6 Å². The van der Waals surface area contributed by atoms with Crippen LogP contribution in [-0.4, -0.2) is 30.6 Å². The first-order valence-electron chi connectivity index (χ1n) is 6.02. The van der Waals surface area contributed by atoms with E-state index >= 15 is 0 Å². The molecule has 0 unspecified atom stereocenters. The van der Waals surface area contributed by atoms with Gasteiger partial charge in [-0.15, -0.1) is 0 Å². The number of carbonyl (C=O) groups is 2. The van der Waals surface area contributed by atoms with Gasteiger partial charge < -0.3 is 15.2 Å². The van der Waals surface area contributed by atoms with E-state index in [9.17, 15) is 9.59 Å². The fourth-order valence-electron chi connectivity index (χ4n) is 1.64. The molecule has 0 aliphatic heterocycles. The lowest BCUT2D eigenvalue weighted by Crippen LogP contribution is -2.40. The Balaban J connectivity index is 2.72. The molecule has 0 aliphatic rings. The van der Waals surface area contributed by atoms with E-state index in [0.29, 0.717) is 0 Å². The Morgan fingerprint density at radius 3 is 2.32 bits per heavy atom. The number of amides is 1. The minimum Gasteiger partial charge on any atom is -0.497 e. The summed E-state index contributed by atoms with van der Waals surface area (Å²) >= 11 is 0. The molecule has 0 aromatic heterocycles. The van der Waals surface area contributed by atoms with Crippen LogP contribution in [0.2, 0.25) is 0 Å². The highest BCUT2D eigenvalue weighted by molar-refractivity contribution is 5.87. The molecule has 0 heterocycles. The number of hydrogen-bond donors (Lipinski definition) is 2. The Bertz CT molecular complexity index is 451. The first kappa shape index (κ1) is 15.0. The van der Waals surface area contributed by atoms with Crippen molar-refractivity contribution in [2.75, 3.05) is 13.7 Å². The van der Waals surface area contributed by atoms with Crippen molar-refractivity contribution in [2.24, 2.45) is 0 Å². The highest BCUT2D eigenvalue weighted by atomic mass is 16.5. The fourth-order valence-corrected chi connectivity index (χ4v) is 1.64. The SMILES string of the molecule is COc1ccc(C(C)(C)C(=O)NCCC(=O)O)cc1. The van der Waals surface area contributed by atoms with E-state index in [1.165, 1.54) is 0 Å². The Hall–Kier alpha value is -2.04. The monoisotopic (exact) mass is 265 g/mol. The third-order valence-electron chi connectivity index (χ3n) is 3.00. The van der Waals surface area contributed by atoms with Gasteiger partial charge in [0.25, 0.3) is 0 Å². The molecule has 0 saturated heterocycles. The Labute approximate surface area is 112 Å². The van der Waals surface area contributed by atoms with Gasteiger partial charge in [-0.3, -0.25) is 9.59 Å². The molecule has 1 aromatic rings. The zero-order chi connectivity index (χ0) is 14.5. The van der Waals surface area contributed by atoms with Gasteiger partial charge in [0, 0.05) is 6.54 Å². The summed E-state index contributed by atoms with van der Waals surface area (Å²) in [5.41, 5.74) is 0.131. The minimum atomic E-state index is -0.928. The van der Waals surface area contributed by atoms with Crippen LogP contribution < -0.4 is 10.1 Å². The van der Waals surface area contributed by atoms with Crippen molar-refractivity contribution in [3.8, 4) is 5.75 Å². The summed E-state index contributed by atoms with van der Waals surface area (Å²) in [5.74, 6) is -0.396. The minimum absolute atomic E-state index is 0.0789. The average molecular weight is 265 g/mol. The summed E-state index contributed by atoms with van der Waals surface area (Å²) in [6.45, 7) is 3.73. The van der Waals surface area contributed by atoms with Gasteiger partial charge in [0.05, 0.1) is 18.9 Å². The van der Waals surface area contributed by atoms with Crippen molar-refractivity contribution in [1.82, 2.24) is 5.32 Å². The smallest absolute Gasteiger partial charge is 0.305 e. The molecule has 0 aliphatic carbocycles. The lowest BCUT2D eigenvalue weighted by Gasteiger charge is -2.24. The standard InChI is InChI=1S/C14H19NO4/c1-14(2,13(18)15-9-8-12(16)17)10-4-6-11(19-3)7-5-10/h4-7H,8-9H2,1-3H3,(H,15,18)(H,16,17). The summed E-state index contributed by atoms with van der Waals surface area (Å²) in [7, 11) is 1.58. The lowest BCUT2D eigenvalue weighted by atomic mass is 9.83. The van der Waals surface area contributed by atoms with E-state index in [2.05, 4.69) is 5.32 Å². The quantitative estimate of drug-likeness (QED) is 0.818. The number of benzene rings is 1. The van der Waals surface area contributed by atoms with Crippen molar-refractivity contribution in [2.45, 2.75) is 25.7 Å². The molecule has 5 heteroatoms. The summed E-state index contributed by atoms with van der Waals surface area (Å²) in [4.78, 5) is 22.5. The first-order valence-corrected chi connectivity index (χ1v) is 6.02. The van der Waals surface area contributed by atoms with Gasteiger partial charge in [0.1, 0.15) is 5.75 Å². The molecule has 0 atom stereocenters. The van der Waals surface area contributed by atoms with Crippen molar-refractivity contribution in [3.63, 3.8) is 0 Å². The average Bonchev–Trinajstić information content (AvgIpc) is 2.38. The second-order valence-electron chi connectivity index (χ2n) is 4.75. The van der Waals surface area contributed by atoms with E-state index in [-0.39, 0.29) is 18.9 Å². The second-order valence-corrected chi connectivity index (χ2v) is 4.75. The van der Waals surface area contributed by atoms with E-state index in [4.69, 9.17) is 9.84 Å². The Morgan fingerprint density at radius 2 is 1.84 bits per heavy atom. The number of nitrogens with one attached hydrogen (secondary N) is 1. The molecule has 2 N–H and O–H groups in total. The molecule has 0 saturated carbocycles. The highest BCUT2D eigenvalue weighted by Gasteiger charge is 2.29. The van der Waals surface area contributed by atoms with Crippen LogP contribution in [0.3, 0.4) is 0 Å². The van der Waals surface area contributed by atoms with E-state index in [1.807, 2.05) is 12.1 Å². The van der Waals surface area contributed by atoms with Gasteiger partial charge in [-0.05, 0) is 31.5 Å². The van der Waals surface area contributed by atoms with Crippen LogP contribution in [0.4, 0.5) is 0 Å². The lowest BCUT2D eigenvalue weighted by molar-refractivity contribution is -0.137. The van der Waals surface area contributed by atoms with E-state index in [1.54, 1.807) is 33.1 Å². The second kappa shape index (κ2) is 6.22. The van der Waals surface area contributed by atoms with Crippen molar-refractivity contribution in [1.29, 1.82) is 0 Å². The van der Waals surface area contributed by atoms with Crippen molar-refractivity contribution in [3.05, 3.63) is 29.8 Å². The summed E-state index contributed by atoms with van der Waals surface area (Å²) < 4.78 is 5.07. The molecular formula is C14H19NO4. The van der Waals surface area contributed by atoms with Gasteiger partial charge in [-0.2, -0.15) is 0 Å². The number of hydrogen-bond acceptors (Lipinski definition) is 3. The molecule has 0 spiro atoms. The maximum Gasteiger partial charge on any atom is 0.305 e. The maximum absolute atomic E-state index is 12.1. The first-order chi connectivity index (χ1) is 8.87. The van der Waals surface area contributed by atoms with Gasteiger partial charge in [-0.1, -0.05) is 12.1 Å². The number of carbonyl (C=O) groups excluding carboxylic acids is 1. The molecule has 0 bridgehead atoms. The van der Waals surface area contributed by atoms with Crippen LogP contribution in [0, 0.1) is 0 Å². The van der Waals surface area contributed by atoms with E-state index < -0.39 is 11.4 Å². The van der Waals surface area contributed by atoms with Crippen molar-refractivity contribution < 1.29 is 19.4 Å². The Kier molecular flexibility index (Phi) is 4.92. The molecule has 5 nitrogen and oxygen atoms in total. The van der Waals surface area contributed by atoms with Crippen LogP contribution in [-0.2, 0) is 15.0 Å². The number of methoxy groups -OCH3 is 1. The van der Waals surface area contributed by atoms with Gasteiger partial charge in [-0.25, -0.2) is 0 Å². The summed E-state index contributed by atoms with van der Waals surface area (Å²) in [6, 6.07) is 7.24. The third-order valence-corrected chi connectivity index (χ3v) is 3.00. The normalized spacial score (nSPS) is 10.9. The van der Waals surface area contributed by atoms with Crippen molar-refractivity contribution >= 4 is 11.9 Å². The number of carboxylic acid groups (broad SMARTS) is 1. The molecule has 0 fully saturated rings. The largest absolute Gasteiger partial charge is 0.497 e. The summed E-state index contributed by atoms with van der Waals surface area (Å²) in [6.07, 6.45) is -0.0789. The Morgan fingerprint density at radius 1 is 1.26 bits per heavy atom. The number of carboxylic acids is 1. The molecule has 1 rings (SSSR count). The molecule has 1 aromatic carbocycles. The number of ether oxygens (including phenoxy) is 1. The zero-order valence-electron chi connectivity index (χ0n) is 11.4. The predicted octanol–water partition coefficient (Wildman–Crippen LogP) is 1.56. The van der Waals surface area contributed by atoms with Crippen LogP contribution in [0.25, 0.3) is 0 Å². The van der Waals surface area contributed by atoms with Gasteiger partial charge in [0.2, 0.25) is 5.91 Å². The van der Waals surface area contributed by atoms with Gasteiger partial charge in [0.15, 0.2) is 0 Å².